The number of unbranched alkanes of at least 4 members (excludes halogenated alkanes) is 20. The molecular weight excluding hydrogens is 787 g/mol. The Bertz CT molecular complexity index is 1260. The van der Waals surface area contributed by atoms with Gasteiger partial charge in [0.05, 0.1) is 34.4 Å². The first-order valence-electron chi connectivity index (χ1n) is 25.5. The van der Waals surface area contributed by atoms with Gasteiger partial charge in [-0.25, -0.2) is 4.79 Å². The molecule has 0 spiro atoms. The summed E-state index contributed by atoms with van der Waals surface area (Å²) in [5, 5.41) is 9.65. The minimum atomic E-state index is -0.880. The number of hydrogen-bond donors (Lipinski definition) is 1. The summed E-state index contributed by atoms with van der Waals surface area (Å²) in [4.78, 5) is 37.1. The third kappa shape index (κ3) is 43.8. The molecule has 0 aliphatic heterocycles. The molecule has 0 bridgehead atoms. The van der Waals surface area contributed by atoms with Gasteiger partial charge in [0, 0.05) is 19.3 Å². The minimum absolute atomic E-state index is 0.0484. The zero-order valence-electron chi connectivity index (χ0n) is 41.3. The Hall–Kier alpha value is -3.23. The summed E-state index contributed by atoms with van der Waals surface area (Å²) in [6.07, 6.45) is 58.1. The molecule has 0 aliphatic carbocycles. The molecule has 0 radical (unpaired) electrons. The topological polar surface area (TPSA) is 99.1 Å². The molecular formula is C55H96NO7+. The van der Waals surface area contributed by atoms with E-state index in [4.69, 9.17) is 14.2 Å². The van der Waals surface area contributed by atoms with Crippen molar-refractivity contribution in [1.82, 2.24) is 0 Å². The summed E-state index contributed by atoms with van der Waals surface area (Å²) in [6.45, 7) is 4.59. The summed E-state index contributed by atoms with van der Waals surface area (Å²) in [7, 11) is 5.52. The number of allylic oxidation sites excluding steroid dienone is 12. The van der Waals surface area contributed by atoms with E-state index in [1.807, 2.05) is 21.1 Å². The minimum Gasteiger partial charge on any atom is -0.477 e. The van der Waals surface area contributed by atoms with E-state index in [-0.39, 0.29) is 36.2 Å². The average molecular weight is 883 g/mol. The summed E-state index contributed by atoms with van der Waals surface area (Å²) in [5.74, 6) is -1.51. The number of nitrogens with zero attached hydrogens (tertiary/aromatic N) is 1. The van der Waals surface area contributed by atoms with Gasteiger partial charge in [0.25, 0.3) is 0 Å². The summed E-state index contributed by atoms with van der Waals surface area (Å²) in [6, 6.07) is -0.623. The Morgan fingerprint density at radius 2 is 0.937 bits per heavy atom. The number of ether oxygens (including phenoxy) is 3. The zero-order chi connectivity index (χ0) is 46.3. The quantitative estimate of drug-likeness (QED) is 0.0214. The van der Waals surface area contributed by atoms with Crippen molar-refractivity contribution in [3.63, 3.8) is 0 Å². The molecule has 2 unspecified atom stereocenters. The van der Waals surface area contributed by atoms with Crippen LogP contribution in [0.3, 0.4) is 0 Å². The normalized spacial score (nSPS) is 13.5. The van der Waals surface area contributed by atoms with Gasteiger partial charge in [-0.3, -0.25) is 9.59 Å². The van der Waals surface area contributed by atoms with Gasteiger partial charge in [-0.2, -0.15) is 0 Å². The van der Waals surface area contributed by atoms with E-state index in [9.17, 15) is 19.5 Å². The smallest absolute Gasteiger partial charge is 0.362 e. The Labute approximate surface area is 387 Å². The maximum Gasteiger partial charge on any atom is 0.362 e. The highest BCUT2D eigenvalue weighted by molar-refractivity contribution is 5.72. The zero-order valence-corrected chi connectivity index (χ0v) is 41.3. The Balaban J connectivity index is 4.29. The van der Waals surface area contributed by atoms with Crippen LogP contribution in [0.15, 0.2) is 72.9 Å². The van der Waals surface area contributed by atoms with E-state index >= 15 is 0 Å². The molecule has 0 aromatic rings. The van der Waals surface area contributed by atoms with Crippen molar-refractivity contribution in [3.05, 3.63) is 72.9 Å². The van der Waals surface area contributed by atoms with Crippen LogP contribution in [0.4, 0.5) is 0 Å². The van der Waals surface area contributed by atoms with Crippen LogP contribution in [-0.4, -0.2) is 80.6 Å². The van der Waals surface area contributed by atoms with Crippen molar-refractivity contribution < 1.29 is 38.2 Å². The van der Waals surface area contributed by atoms with Gasteiger partial charge in [-0.05, 0) is 77.0 Å². The molecule has 0 fully saturated rings. The predicted molar refractivity (Wildman–Crippen MR) is 266 cm³/mol. The molecule has 0 aromatic heterocycles. The number of aliphatic carboxylic acids is 1. The van der Waals surface area contributed by atoms with Crippen molar-refractivity contribution in [1.29, 1.82) is 0 Å². The Morgan fingerprint density at radius 1 is 0.508 bits per heavy atom. The van der Waals surface area contributed by atoms with E-state index in [2.05, 4.69) is 86.8 Å². The number of carboxylic acid groups (broad SMARTS) is 1. The van der Waals surface area contributed by atoms with Gasteiger partial charge in [-0.15, -0.1) is 0 Å². The molecule has 1 N–H and O–H groups in total. The van der Waals surface area contributed by atoms with Crippen molar-refractivity contribution in [2.75, 3.05) is 41.0 Å². The molecule has 0 saturated heterocycles. The van der Waals surface area contributed by atoms with Crippen LogP contribution >= 0.6 is 0 Å². The van der Waals surface area contributed by atoms with Crippen LogP contribution in [0.1, 0.15) is 206 Å². The maximum atomic E-state index is 12.8. The number of carbonyl (C=O) groups excluding carboxylic acids is 2. The molecule has 2 atom stereocenters. The number of rotatable bonds is 45. The lowest BCUT2D eigenvalue weighted by atomic mass is 10.0. The third-order valence-electron chi connectivity index (χ3n) is 11.1. The van der Waals surface area contributed by atoms with Crippen molar-refractivity contribution in [3.8, 4) is 0 Å². The molecule has 8 nitrogen and oxygen atoms in total. The summed E-state index contributed by atoms with van der Waals surface area (Å²) in [5.41, 5.74) is 0. The van der Waals surface area contributed by atoms with Crippen molar-refractivity contribution in [2.24, 2.45) is 0 Å². The number of carboxylic acids is 1. The van der Waals surface area contributed by atoms with Gasteiger partial charge in [-0.1, -0.05) is 183 Å². The van der Waals surface area contributed by atoms with Crippen molar-refractivity contribution in [2.45, 2.75) is 219 Å². The second kappa shape index (κ2) is 45.3. The largest absolute Gasteiger partial charge is 0.477 e. The monoisotopic (exact) mass is 883 g/mol. The fraction of sp³-hybridized carbons (Fsp3) is 0.727. The van der Waals surface area contributed by atoms with Crippen LogP contribution < -0.4 is 0 Å². The van der Waals surface area contributed by atoms with Crippen LogP contribution in [0.25, 0.3) is 0 Å². The summed E-state index contributed by atoms with van der Waals surface area (Å²) < 4.78 is 17.3. The number of carbonyl (C=O) groups is 3. The van der Waals surface area contributed by atoms with Crippen LogP contribution in [0, 0.1) is 0 Å². The second-order valence-corrected chi connectivity index (χ2v) is 18.1. The lowest BCUT2D eigenvalue weighted by Crippen LogP contribution is -2.50. The molecule has 0 aliphatic rings. The van der Waals surface area contributed by atoms with Gasteiger partial charge < -0.3 is 23.8 Å². The molecule has 0 heterocycles. The molecule has 0 aromatic carbocycles. The number of hydrogen-bond acceptors (Lipinski definition) is 6. The Morgan fingerprint density at radius 3 is 1.43 bits per heavy atom. The standard InChI is InChI=1S/C55H95NO7/c1-6-8-10-12-14-16-18-20-22-24-25-26-27-28-29-30-32-34-36-38-40-42-44-46-54(58)63-51(49-61-48-47-52(55(59)60)56(3,4)5)50-62-53(57)45-43-41-39-37-35-33-31-23-21-19-17-15-13-11-9-7-2/h8,10,14,16,20,22-23,25-26,31,33,35,51-52H,6-7,9,11-13,15,17-19,21,24,27-30,32,34,36-50H2,1-5H3/p+1/b10-8+,16-14+,22-20+,26-25+,31-23+,35-33+. The average Bonchev–Trinajstić information content (AvgIpc) is 3.24. The third-order valence-corrected chi connectivity index (χ3v) is 11.1. The lowest BCUT2D eigenvalue weighted by molar-refractivity contribution is -0.887. The first kappa shape index (κ1) is 59.8. The fourth-order valence-corrected chi connectivity index (χ4v) is 7.19. The van der Waals surface area contributed by atoms with E-state index < -0.39 is 18.1 Å². The predicted octanol–water partition coefficient (Wildman–Crippen LogP) is 14.7. The molecule has 0 rings (SSSR count). The van der Waals surface area contributed by atoms with E-state index in [0.717, 1.165) is 77.0 Å². The van der Waals surface area contributed by atoms with Gasteiger partial charge >= 0.3 is 17.9 Å². The SMILES string of the molecule is CC/C=C/C/C=C/C/C=C/C/C=C/CCCCCCCCCCCCC(=O)OC(COCCC(C(=O)O)[N+](C)(C)C)COC(=O)CCCCC/C=C/C=C/CCCCCCCCC. The lowest BCUT2D eigenvalue weighted by Gasteiger charge is -2.31. The van der Waals surface area contributed by atoms with E-state index in [0.29, 0.717) is 19.3 Å². The van der Waals surface area contributed by atoms with Gasteiger partial charge in [0.15, 0.2) is 12.1 Å². The first-order chi connectivity index (χ1) is 30.6. The fourth-order valence-electron chi connectivity index (χ4n) is 7.19. The highest BCUT2D eigenvalue weighted by Crippen LogP contribution is 2.15. The van der Waals surface area contributed by atoms with Crippen LogP contribution in [0.5, 0.6) is 0 Å². The molecule has 0 saturated carbocycles. The number of quaternary nitrogens is 1. The Kier molecular flexibility index (Phi) is 43.0. The maximum absolute atomic E-state index is 12.8. The molecule has 0 amide bonds. The second-order valence-electron chi connectivity index (χ2n) is 18.1. The molecule has 8 heteroatoms. The van der Waals surface area contributed by atoms with Crippen molar-refractivity contribution >= 4 is 17.9 Å². The van der Waals surface area contributed by atoms with E-state index in [1.165, 1.54) is 96.3 Å². The van der Waals surface area contributed by atoms with Gasteiger partial charge in [0.2, 0.25) is 0 Å². The number of likely N-dealkylation sites (N-methyl/N-ethyl adjacent to an activating group) is 1. The van der Waals surface area contributed by atoms with Gasteiger partial charge in [0.1, 0.15) is 6.61 Å². The highest BCUT2D eigenvalue weighted by Gasteiger charge is 2.31. The molecule has 63 heavy (non-hydrogen) atoms. The number of esters is 2. The van der Waals surface area contributed by atoms with E-state index in [1.54, 1.807) is 0 Å². The van der Waals surface area contributed by atoms with Crippen LogP contribution in [-0.2, 0) is 28.6 Å². The highest BCUT2D eigenvalue weighted by atomic mass is 16.6. The van der Waals surface area contributed by atoms with Crippen LogP contribution in [0.2, 0.25) is 0 Å². The first-order valence-corrected chi connectivity index (χ1v) is 25.5. The molecule has 362 valence electrons. The summed E-state index contributed by atoms with van der Waals surface area (Å²) >= 11 is 0.